The van der Waals surface area contributed by atoms with E-state index in [0.717, 1.165) is 0 Å². The number of hydrogen-bond donors (Lipinski definition) is 0. The molecule has 2 aromatic heterocycles. The van der Waals surface area contributed by atoms with Gasteiger partial charge in [0, 0.05) is 30.3 Å². The Morgan fingerprint density at radius 2 is 1.68 bits per heavy atom. The minimum absolute atomic E-state index is 0.186. The third kappa shape index (κ3) is 3.75. The smallest absolute Gasteiger partial charge is 0.264 e. The lowest BCUT2D eigenvalue weighted by Crippen LogP contribution is -2.10. The number of rotatable bonds is 3. The highest BCUT2D eigenvalue weighted by atomic mass is 32.2. The fraction of sp³-hybridized carbons (Fsp3) is 0.176. The van der Waals surface area contributed by atoms with Gasteiger partial charge >= 0.3 is 6.18 Å². The number of pyridine rings is 1. The summed E-state index contributed by atoms with van der Waals surface area (Å²) in [4.78, 5) is 2.98. The van der Waals surface area contributed by atoms with Gasteiger partial charge in [0.15, 0.2) is 15.5 Å². The monoisotopic (exact) mass is 417 g/mol. The number of halogens is 5. The number of benzene rings is 1. The van der Waals surface area contributed by atoms with Gasteiger partial charge in [0.25, 0.3) is 0 Å². The summed E-state index contributed by atoms with van der Waals surface area (Å²) in [7, 11) is -4.08. The third-order valence-corrected chi connectivity index (χ3v) is 4.91. The van der Waals surface area contributed by atoms with Crippen LogP contribution in [0.1, 0.15) is 11.3 Å². The van der Waals surface area contributed by atoms with Gasteiger partial charge in [-0.3, -0.25) is 4.98 Å². The zero-order valence-electron chi connectivity index (χ0n) is 14.4. The first-order chi connectivity index (χ1) is 12.9. The van der Waals surface area contributed by atoms with Crippen molar-refractivity contribution in [3.8, 4) is 16.9 Å². The predicted octanol–water partition coefficient (Wildman–Crippen LogP) is 3.94. The summed E-state index contributed by atoms with van der Waals surface area (Å²) in [6, 6.07) is 3.08. The maximum atomic E-state index is 14.5. The second-order valence-electron chi connectivity index (χ2n) is 6.08. The van der Waals surface area contributed by atoms with Crippen LogP contribution < -0.4 is 0 Å². The summed E-state index contributed by atoms with van der Waals surface area (Å²) >= 11 is 0. The number of nitrogens with zero attached hydrogens (tertiary/aromatic N) is 3. The molecule has 0 saturated carbocycles. The molecule has 0 unspecified atom stereocenters. The lowest BCUT2D eigenvalue weighted by Gasteiger charge is -2.11. The van der Waals surface area contributed by atoms with Crippen LogP contribution in [0.25, 0.3) is 16.9 Å². The van der Waals surface area contributed by atoms with Crippen LogP contribution in [0, 0.1) is 18.6 Å². The molecule has 11 heteroatoms. The molecule has 2 heterocycles. The van der Waals surface area contributed by atoms with Gasteiger partial charge in [-0.15, -0.1) is 0 Å². The summed E-state index contributed by atoms with van der Waals surface area (Å²) < 4.78 is 91.9. The SMILES string of the molecule is Cc1cncc(-c2cc(C(F)(F)F)nn2-c2cc(F)c(S(C)(=O)=O)cc2F)c1. The van der Waals surface area contributed by atoms with Gasteiger partial charge in [-0.25, -0.2) is 21.9 Å². The molecular formula is C17H12F5N3O2S. The average molecular weight is 417 g/mol. The largest absolute Gasteiger partial charge is 0.435 e. The molecule has 1 aromatic carbocycles. The highest BCUT2D eigenvalue weighted by molar-refractivity contribution is 7.90. The number of aromatic nitrogens is 3. The molecule has 0 fully saturated rings. The van der Waals surface area contributed by atoms with Crippen molar-refractivity contribution >= 4 is 9.84 Å². The van der Waals surface area contributed by atoms with Gasteiger partial charge < -0.3 is 0 Å². The Bertz CT molecular complexity index is 1170. The highest BCUT2D eigenvalue weighted by Gasteiger charge is 2.36. The minimum atomic E-state index is -4.83. The van der Waals surface area contributed by atoms with E-state index in [4.69, 9.17) is 0 Å². The van der Waals surface area contributed by atoms with E-state index in [9.17, 15) is 30.4 Å². The van der Waals surface area contributed by atoms with Gasteiger partial charge in [0.1, 0.15) is 22.2 Å². The Morgan fingerprint density at radius 1 is 1.00 bits per heavy atom. The van der Waals surface area contributed by atoms with Crippen molar-refractivity contribution in [2.24, 2.45) is 0 Å². The Balaban J connectivity index is 2.30. The molecule has 0 aliphatic heterocycles. The Morgan fingerprint density at radius 3 is 2.25 bits per heavy atom. The van der Waals surface area contributed by atoms with Crippen molar-refractivity contribution in [1.82, 2.24) is 14.8 Å². The van der Waals surface area contributed by atoms with Crippen LogP contribution in [0.15, 0.2) is 41.6 Å². The molecule has 0 amide bonds. The van der Waals surface area contributed by atoms with E-state index in [-0.39, 0.29) is 11.3 Å². The van der Waals surface area contributed by atoms with Crippen LogP contribution in [0.4, 0.5) is 22.0 Å². The first-order valence-electron chi connectivity index (χ1n) is 7.66. The van der Waals surface area contributed by atoms with E-state index in [0.29, 0.717) is 34.7 Å². The molecule has 0 saturated heterocycles. The quantitative estimate of drug-likeness (QED) is 0.606. The minimum Gasteiger partial charge on any atom is -0.264 e. The average Bonchev–Trinajstić information content (AvgIpc) is 3.01. The molecular weight excluding hydrogens is 405 g/mol. The molecule has 0 bridgehead atoms. The third-order valence-electron chi connectivity index (χ3n) is 3.80. The van der Waals surface area contributed by atoms with Gasteiger partial charge in [-0.1, -0.05) is 0 Å². The Hall–Kier alpha value is -2.82. The normalized spacial score (nSPS) is 12.4. The Labute approximate surface area is 156 Å². The molecule has 148 valence electrons. The number of alkyl halides is 3. The fourth-order valence-electron chi connectivity index (χ4n) is 2.57. The predicted molar refractivity (Wildman–Crippen MR) is 89.6 cm³/mol. The van der Waals surface area contributed by atoms with Crippen LogP contribution in [0.5, 0.6) is 0 Å². The highest BCUT2D eigenvalue weighted by Crippen LogP contribution is 2.34. The molecule has 0 aliphatic rings. The number of aryl methyl sites for hydroxylation is 1. The van der Waals surface area contributed by atoms with E-state index >= 15 is 0 Å². The summed E-state index contributed by atoms with van der Waals surface area (Å²) in [5.41, 5.74) is -1.37. The summed E-state index contributed by atoms with van der Waals surface area (Å²) in [5, 5.41) is 3.36. The van der Waals surface area contributed by atoms with E-state index in [1.165, 1.54) is 18.5 Å². The molecule has 0 radical (unpaired) electrons. The van der Waals surface area contributed by atoms with Crippen molar-refractivity contribution in [2.75, 3.05) is 6.26 Å². The summed E-state index contributed by atoms with van der Waals surface area (Å²) in [6.45, 7) is 1.66. The van der Waals surface area contributed by atoms with Gasteiger partial charge in [0.05, 0.1) is 5.69 Å². The van der Waals surface area contributed by atoms with Gasteiger partial charge in [0.2, 0.25) is 0 Å². The molecule has 28 heavy (non-hydrogen) atoms. The second kappa shape index (κ2) is 6.66. The van der Waals surface area contributed by atoms with E-state index < -0.39 is 43.9 Å². The topological polar surface area (TPSA) is 64.8 Å². The molecule has 0 N–H and O–H groups in total. The van der Waals surface area contributed by atoms with Crippen molar-refractivity contribution < 1.29 is 30.4 Å². The zero-order valence-corrected chi connectivity index (χ0v) is 15.2. The lowest BCUT2D eigenvalue weighted by molar-refractivity contribution is -0.141. The summed E-state index contributed by atoms with van der Waals surface area (Å²) in [6.07, 6.45) is -1.43. The van der Waals surface area contributed by atoms with Crippen molar-refractivity contribution in [3.05, 3.63) is 59.6 Å². The molecule has 0 spiro atoms. The lowest BCUT2D eigenvalue weighted by atomic mass is 10.1. The number of hydrogen-bond acceptors (Lipinski definition) is 4. The molecule has 0 atom stereocenters. The van der Waals surface area contributed by atoms with Crippen molar-refractivity contribution in [3.63, 3.8) is 0 Å². The van der Waals surface area contributed by atoms with Crippen LogP contribution in [-0.2, 0) is 16.0 Å². The van der Waals surface area contributed by atoms with Crippen LogP contribution in [-0.4, -0.2) is 29.4 Å². The maximum Gasteiger partial charge on any atom is 0.435 e. The van der Waals surface area contributed by atoms with E-state index in [1.54, 1.807) is 6.92 Å². The van der Waals surface area contributed by atoms with E-state index in [1.807, 2.05) is 0 Å². The van der Waals surface area contributed by atoms with Crippen LogP contribution in [0.3, 0.4) is 0 Å². The Kier molecular flexibility index (Phi) is 4.74. The maximum absolute atomic E-state index is 14.5. The first kappa shape index (κ1) is 19.9. The first-order valence-corrected chi connectivity index (χ1v) is 9.56. The number of sulfone groups is 1. The van der Waals surface area contributed by atoms with Crippen LogP contribution >= 0.6 is 0 Å². The van der Waals surface area contributed by atoms with Gasteiger partial charge in [-0.05, 0) is 30.7 Å². The molecule has 0 aliphatic carbocycles. The second-order valence-corrected chi connectivity index (χ2v) is 8.07. The van der Waals surface area contributed by atoms with Crippen LogP contribution in [0.2, 0.25) is 0 Å². The zero-order chi connectivity index (χ0) is 20.9. The van der Waals surface area contributed by atoms with E-state index in [2.05, 4.69) is 10.1 Å². The standard InChI is InChI=1S/C17H12F5N3O2S/c1-9-3-10(8-23-7-9)13-6-16(17(20,21)22)24-25(13)14-4-12(19)15(5-11(14)18)28(2,26)27/h3-8H,1-2H3. The van der Waals surface area contributed by atoms with Crippen molar-refractivity contribution in [1.29, 1.82) is 0 Å². The molecule has 3 aromatic rings. The fourth-order valence-corrected chi connectivity index (χ4v) is 3.30. The van der Waals surface area contributed by atoms with Crippen molar-refractivity contribution in [2.45, 2.75) is 18.0 Å². The van der Waals surface area contributed by atoms with Gasteiger partial charge in [-0.2, -0.15) is 18.3 Å². The molecule has 3 rings (SSSR count). The summed E-state index contributed by atoms with van der Waals surface area (Å²) in [5.74, 6) is -2.56. The molecule has 5 nitrogen and oxygen atoms in total.